The zero-order valence-corrected chi connectivity index (χ0v) is 17.4. The predicted octanol–water partition coefficient (Wildman–Crippen LogP) is 1.94. The first-order chi connectivity index (χ1) is 13.5. The predicted molar refractivity (Wildman–Crippen MR) is 109 cm³/mol. The van der Waals surface area contributed by atoms with Gasteiger partial charge >= 0.3 is 0 Å². The van der Waals surface area contributed by atoms with Crippen LogP contribution in [0.2, 0.25) is 0 Å². The Morgan fingerprint density at radius 1 is 1.32 bits per heavy atom. The Balaban J connectivity index is 1.77. The molecule has 0 aromatic carbocycles. The molecule has 7 nitrogen and oxygen atoms in total. The molecule has 3 heterocycles. The van der Waals surface area contributed by atoms with E-state index in [2.05, 4.69) is 21.3 Å². The second kappa shape index (κ2) is 9.79. The minimum absolute atomic E-state index is 0.0205. The van der Waals surface area contributed by atoms with Gasteiger partial charge in [-0.2, -0.15) is 9.57 Å². The highest BCUT2D eigenvalue weighted by molar-refractivity contribution is 7.89. The van der Waals surface area contributed by atoms with E-state index in [0.717, 1.165) is 31.6 Å². The fourth-order valence-corrected chi connectivity index (χ4v) is 6.00. The molecule has 0 radical (unpaired) electrons. The van der Waals surface area contributed by atoms with Gasteiger partial charge in [-0.25, -0.2) is 8.42 Å². The van der Waals surface area contributed by atoms with Crippen LogP contribution in [-0.4, -0.2) is 60.2 Å². The van der Waals surface area contributed by atoms with E-state index in [4.69, 9.17) is 0 Å². The van der Waals surface area contributed by atoms with Crippen LogP contribution >= 0.6 is 0 Å². The molecule has 3 unspecified atom stereocenters. The molecule has 3 atom stereocenters. The molecule has 2 saturated heterocycles. The van der Waals surface area contributed by atoms with Gasteiger partial charge in [-0.1, -0.05) is 19.4 Å². The monoisotopic (exact) mass is 405 g/mol. The van der Waals surface area contributed by atoms with Gasteiger partial charge in [0, 0.05) is 18.8 Å². The number of hydrogen-bond donors (Lipinski definition) is 1. The third kappa shape index (κ3) is 5.09. The Morgan fingerprint density at radius 3 is 2.75 bits per heavy atom. The van der Waals surface area contributed by atoms with Crippen molar-refractivity contribution in [3.8, 4) is 6.07 Å². The van der Waals surface area contributed by atoms with Gasteiger partial charge in [-0.3, -0.25) is 15.2 Å². The topological polar surface area (TPSA) is 89.3 Å². The molecular weight excluding hydrogens is 374 g/mol. The van der Waals surface area contributed by atoms with E-state index in [1.807, 2.05) is 25.1 Å². The highest BCUT2D eigenvalue weighted by Gasteiger charge is 2.39. The Hall–Kier alpha value is -1.53. The molecule has 3 rings (SSSR count). The highest BCUT2D eigenvalue weighted by atomic mass is 32.2. The number of nitrogens with one attached hydrogen (secondary N) is 1. The average molecular weight is 406 g/mol. The molecule has 1 aromatic rings. The minimum Gasteiger partial charge on any atom is -0.299 e. The van der Waals surface area contributed by atoms with Crippen molar-refractivity contribution in [2.24, 2.45) is 5.92 Å². The maximum Gasteiger partial charge on any atom is 0.214 e. The molecule has 0 saturated carbocycles. The molecular formula is C20H31N5O2S. The van der Waals surface area contributed by atoms with E-state index in [1.165, 1.54) is 6.42 Å². The van der Waals surface area contributed by atoms with Crippen molar-refractivity contribution in [3.05, 3.63) is 30.1 Å². The molecule has 0 bridgehead atoms. The molecule has 0 aliphatic carbocycles. The van der Waals surface area contributed by atoms with Gasteiger partial charge in [-0.05, 0) is 50.9 Å². The van der Waals surface area contributed by atoms with Crippen LogP contribution in [0.4, 0.5) is 0 Å². The van der Waals surface area contributed by atoms with E-state index < -0.39 is 10.0 Å². The van der Waals surface area contributed by atoms with E-state index >= 15 is 0 Å². The van der Waals surface area contributed by atoms with Crippen LogP contribution in [0.5, 0.6) is 0 Å². The Bertz CT molecular complexity index is 759. The van der Waals surface area contributed by atoms with Crippen molar-refractivity contribution in [1.29, 1.82) is 5.26 Å². The molecule has 1 N–H and O–H groups in total. The molecule has 28 heavy (non-hydrogen) atoms. The molecule has 2 aliphatic heterocycles. The summed E-state index contributed by atoms with van der Waals surface area (Å²) in [5, 5.41) is 13.3. The summed E-state index contributed by atoms with van der Waals surface area (Å²) >= 11 is 0. The Kier molecular flexibility index (Phi) is 7.41. The quantitative estimate of drug-likeness (QED) is 0.746. The molecule has 2 fully saturated rings. The van der Waals surface area contributed by atoms with Gasteiger partial charge in [0.1, 0.15) is 0 Å². The largest absolute Gasteiger partial charge is 0.299 e. The van der Waals surface area contributed by atoms with Crippen LogP contribution in [0.3, 0.4) is 0 Å². The van der Waals surface area contributed by atoms with Crippen molar-refractivity contribution >= 4 is 10.0 Å². The van der Waals surface area contributed by atoms with Crippen LogP contribution in [0, 0.1) is 17.2 Å². The summed E-state index contributed by atoms with van der Waals surface area (Å²) in [4.78, 5) is 6.67. The highest BCUT2D eigenvalue weighted by Crippen LogP contribution is 2.27. The standard InChI is InChI=1S/C20H31N5O2S/c1-2-12-28(26,27)25(16-18-8-4-5-9-22-18)19-13-17(14-21)20(23-15-19)24-10-6-3-7-11-24/h4-5,8-9,17,19-20,23H,2-3,6-7,10-13,15-16H2,1H3. The Labute approximate surface area is 168 Å². The molecule has 8 heteroatoms. The van der Waals surface area contributed by atoms with Crippen molar-refractivity contribution in [2.45, 2.75) is 57.8 Å². The summed E-state index contributed by atoms with van der Waals surface area (Å²) in [6, 6.07) is 7.76. The van der Waals surface area contributed by atoms with Crippen molar-refractivity contribution < 1.29 is 8.42 Å². The lowest BCUT2D eigenvalue weighted by molar-refractivity contribution is 0.0655. The summed E-state index contributed by atoms with van der Waals surface area (Å²) < 4.78 is 27.6. The van der Waals surface area contributed by atoms with Crippen molar-refractivity contribution in [1.82, 2.24) is 19.5 Å². The maximum absolute atomic E-state index is 13.0. The minimum atomic E-state index is -3.41. The van der Waals surface area contributed by atoms with Crippen LogP contribution in [0.25, 0.3) is 0 Å². The average Bonchev–Trinajstić information content (AvgIpc) is 2.73. The molecule has 0 spiro atoms. The van der Waals surface area contributed by atoms with Gasteiger partial charge in [0.15, 0.2) is 0 Å². The van der Waals surface area contributed by atoms with E-state index in [-0.39, 0.29) is 30.4 Å². The SMILES string of the molecule is CCCS(=O)(=O)N(Cc1ccccn1)C1CNC(N2CCCCC2)C(C#N)C1. The van der Waals surface area contributed by atoms with Crippen LogP contribution < -0.4 is 5.32 Å². The Morgan fingerprint density at radius 2 is 2.11 bits per heavy atom. The number of rotatable bonds is 7. The first kappa shape index (κ1) is 21.2. The molecule has 154 valence electrons. The van der Waals surface area contributed by atoms with Gasteiger partial charge in [0.25, 0.3) is 0 Å². The number of pyridine rings is 1. The first-order valence-electron chi connectivity index (χ1n) is 10.3. The molecule has 0 amide bonds. The third-order valence-electron chi connectivity index (χ3n) is 5.69. The zero-order chi connectivity index (χ0) is 20.0. The summed E-state index contributed by atoms with van der Waals surface area (Å²) in [6.07, 6.45) is 6.40. The smallest absolute Gasteiger partial charge is 0.214 e. The lowest BCUT2D eigenvalue weighted by Gasteiger charge is -2.44. The van der Waals surface area contributed by atoms with Crippen molar-refractivity contribution in [3.63, 3.8) is 0 Å². The fourth-order valence-electron chi connectivity index (χ4n) is 4.31. The number of aromatic nitrogens is 1. The fraction of sp³-hybridized carbons (Fsp3) is 0.700. The summed E-state index contributed by atoms with van der Waals surface area (Å²) in [5.41, 5.74) is 0.730. The van der Waals surface area contributed by atoms with Crippen LogP contribution in [0.1, 0.15) is 44.7 Å². The van der Waals surface area contributed by atoms with E-state index in [1.54, 1.807) is 10.5 Å². The lowest BCUT2D eigenvalue weighted by Crippen LogP contribution is -2.61. The van der Waals surface area contributed by atoms with Crippen LogP contribution in [-0.2, 0) is 16.6 Å². The molecule has 2 aliphatic rings. The number of nitrogens with zero attached hydrogens (tertiary/aromatic N) is 4. The van der Waals surface area contributed by atoms with Gasteiger partial charge in [0.05, 0.1) is 36.1 Å². The lowest BCUT2D eigenvalue weighted by atomic mass is 9.91. The summed E-state index contributed by atoms with van der Waals surface area (Å²) in [5.74, 6) is -0.108. The summed E-state index contributed by atoms with van der Waals surface area (Å²) in [6.45, 7) is 4.70. The number of sulfonamides is 1. The number of nitriles is 1. The number of piperidine rings is 2. The molecule has 1 aromatic heterocycles. The number of likely N-dealkylation sites (tertiary alicyclic amines) is 1. The number of hydrogen-bond acceptors (Lipinski definition) is 6. The normalized spacial score (nSPS) is 26.8. The van der Waals surface area contributed by atoms with E-state index in [0.29, 0.717) is 19.4 Å². The van der Waals surface area contributed by atoms with Crippen LogP contribution in [0.15, 0.2) is 24.4 Å². The third-order valence-corrected chi connectivity index (χ3v) is 7.76. The van der Waals surface area contributed by atoms with E-state index in [9.17, 15) is 13.7 Å². The maximum atomic E-state index is 13.0. The van der Waals surface area contributed by atoms with Gasteiger partial charge < -0.3 is 0 Å². The second-order valence-electron chi connectivity index (χ2n) is 7.76. The van der Waals surface area contributed by atoms with Crippen molar-refractivity contribution in [2.75, 3.05) is 25.4 Å². The van der Waals surface area contributed by atoms with Gasteiger partial charge in [-0.15, -0.1) is 0 Å². The van der Waals surface area contributed by atoms with Gasteiger partial charge in [0.2, 0.25) is 10.0 Å². The summed E-state index contributed by atoms with van der Waals surface area (Å²) in [7, 11) is -3.41. The zero-order valence-electron chi connectivity index (χ0n) is 16.6. The first-order valence-corrected chi connectivity index (χ1v) is 11.9. The second-order valence-corrected chi connectivity index (χ2v) is 9.80.